The number of benzene rings is 1. The number of carbonyl (C=O) groups is 1. The number of sulfone groups is 1. The van der Waals surface area contributed by atoms with Crippen LogP contribution in [0, 0.1) is 5.82 Å². The first kappa shape index (κ1) is 19.8. The fraction of sp³-hybridized carbons (Fsp3) is 0.533. The molecule has 1 aliphatic rings. The molecule has 0 radical (unpaired) electrons. The van der Waals surface area contributed by atoms with Crippen molar-refractivity contribution >= 4 is 25.8 Å². The van der Waals surface area contributed by atoms with Gasteiger partial charge in [-0.05, 0) is 30.5 Å². The van der Waals surface area contributed by atoms with E-state index in [0.717, 1.165) is 16.1 Å². The number of hydrogen-bond donors (Lipinski definition) is 1. The summed E-state index contributed by atoms with van der Waals surface area (Å²) in [5.74, 6) is -1.18. The minimum Gasteiger partial charge on any atom is -0.355 e. The Morgan fingerprint density at radius 2 is 1.96 bits per heavy atom. The smallest absolute Gasteiger partial charge is 0.235 e. The van der Waals surface area contributed by atoms with Gasteiger partial charge in [-0.3, -0.25) is 4.79 Å². The number of nitrogens with one attached hydrogen (secondary N) is 1. The van der Waals surface area contributed by atoms with Gasteiger partial charge >= 0.3 is 0 Å². The predicted molar refractivity (Wildman–Crippen MR) is 91.7 cm³/mol. The van der Waals surface area contributed by atoms with E-state index in [0.29, 0.717) is 6.42 Å². The minimum atomic E-state index is -3.71. The molecule has 0 spiro atoms. The molecule has 1 heterocycles. The highest BCUT2D eigenvalue weighted by atomic mass is 32.2. The summed E-state index contributed by atoms with van der Waals surface area (Å²) in [5, 5.41) is 2.60. The molecule has 1 atom stereocenters. The molecule has 1 aromatic rings. The van der Waals surface area contributed by atoms with Crippen LogP contribution in [0.3, 0.4) is 0 Å². The summed E-state index contributed by atoms with van der Waals surface area (Å²) in [6, 6.07) is 5.15. The number of rotatable bonds is 7. The zero-order valence-corrected chi connectivity index (χ0v) is 15.4. The van der Waals surface area contributed by atoms with Crippen LogP contribution in [0.5, 0.6) is 0 Å². The van der Waals surface area contributed by atoms with Gasteiger partial charge in [-0.2, -0.15) is 4.31 Å². The molecule has 0 aliphatic carbocycles. The van der Waals surface area contributed by atoms with Gasteiger partial charge in [0, 0.05) is 12.6 Å². The Morgan fingerprint density at radius 3 is 2.48 bits per heavy atom. The lowest BCUT2D eigenvalue weighted by molar-refractivity contribution is -0.121. The van der Waals surface area contributed by atoms with Crippen LogP contribution in [0.25, 0.3) is 0 Å². The summed E-state index contributed by atoms with van der Waals surface area (Å²) in [5.41, 5.74) is 0.837. The zero-order chi connectivity index (χ0) is 18.7. The molecule has 1 N–H and O–H groups in total. The average Bonchev–Trinajstić information content (AvgIpc) is 2.85. The number of amides is 1. The lowest BCUT2D eigenvalue weighted by Gasteiger charge is -2.24. The van der Waals surface area contributed by atoms with Gasteiger partial charge in [0.25, 0.3) is 0 Å². The van der Waals surface area contributed by atoms with Crippen LogP contribution in [0.1, 0.15) is 12.0 Å². The van der Waals surface area contributed by atoms with E-state index >= 15 is 0 Å². The maximum Gasteiger partial charge on any atom is 0.235 e. The molecule has 1 saturated heterocycles. The molecule has 0 saturated carbocycles. The Balaban J connectivity index is 1.90. The third-order valence-corrected chi connectivity index (χ3v) is 7.02. The van der Waals surface area contributed by atoms with Crippen molar-refractivity contribution in [1.29, 1.82) is 0 Å². The van der Waals surface area contributed by atoms with E-state index in [9.17, 15) is 26.0 Å². The molecular weight excluding hydrogens is 371 g/mol. The number of nitrogens with zero attached hydrogens (tertiary/aromatic N) is 1. The summed E-state index contributed by atoms with van der Waals surface area (Å²) in [6.45, 7) is -0.145. The van der Waals surface area contributed by atoms with E-state index in [1.807, 2.05) is 0 Å². The van der Waals surface area contributed by atoms with E-state index in [1.165, 1.54) is 12.1 Å². The third kappa shape index (κ3) is 6.05. The van der Waals surface area contributed by atoms with Gasteiger partial charge in [-0.1, -0.05) is 12.1 Å². The Bertz CT molecular complexity index is 822. The highest BCUT2D eigenvalue weighted by Gasteiger charge is 2.37. The predicted octanol–water partition coefficient (Wildman–Crippen LogP) is -0.0669. The van der Waals surface area contributed by atoms with E-state index < -0.39 is 38.4 Å². The average molecular weight is 392 g/mol. The molecule has 25 heavy (non-hydrogen) atoms. The van der Waals surface area contributed by atoms with Gasteiger partial charge in [-0.25, -0.2) is 21.2 Å². The highest BCUT2D eigenvalue weighted by molar-refractivity contribution is 7.92. The van der Waals surface area contributed by atoms with Gasteiger partial charge < -0.3 is 5.32 Å². The van der Waals surface area contributed by atoms with Crippen molar-refractivity contribution in [2.24, 2.45) is 0 Å². The molecule has 0 aromatic heterocycles. The quantitative estimate of drug-likeness (QED) is 0.700. The first-order valence-electron chi connectivity index (χ1n) is 7.75. The van der Waals surface area contributed by atoms with Crippen molar-refractivity contribution < 1.29 is 26.0 Å². The molecule has 10 heteroatoms. The first-order chi connectivity index (χ1) is 11.6. The second-order valence-electron chi connectivity index (χ2n) is 6.09. The number of carbonyl (C=O) groups excluding carboxylic acids is 1. The first-order valence-corrected chi connectivity index (χ1v) is 11.4. The Hall–Kier alpha value is -1.52. The summed E-state index contributed by atoms with van der Waals surface area (Å²) >= 11 is 0. The Labute approximate surface area is 147 Å². The highest BCUT2D eigenvalue weighted by Crippen LogP contribution is 2.19. The van der Waals surface area contributed by atoms with E-state index in [2.05, 4.69) is 5.32 Å². The second-order valence-corrected chi connectivity index (χ2v) is 10.3. The number of sulfonamides is 1. The lowest BCUT2D eigenvalue weighted by atomic mass is 10.1. The fourth-order valence-corrected chi connectivity index (χ4v) is 5.61. The topological polar surface area (TPSA) is 101 Å². The normalized spacial score (nSPS) is 19.9. The van der Waals surface area contributed by atoms with Gasteiger partial charge in [0.1, 0.15) is 5.82 Å². The van der Waals surface area contributed by atoms with Crippen LogP contribution in [-0.2, 0) is 31.1 Å². The zero-order valence-electron chi connectivity index (χ0n) is 13.8. The molecule has 0 bridgehead atoms. The maximum absolute atomic E-state index is 12.8. The van der Waals surface area contributed by atoms with Crippen LogP contribution in [0.4, 0.5) is 4.39 Å². The molecule has 1 unspecified atom stereocenters. The molecule has 7 nitrogen and oxygen atoms in total. The molecule has 1 fully saturated rings. The summed E-state index contributed by atoms with van der Waals surface area (Å²) in [4.78, 5) is 12.0. The van der Waals surface area contributed by atoms with Crippen LogP contribution < -0.4 is 5.32 Å². The standard InChI is InChI=1S/C15H21FN2O5S2/c1-24(20,21)18(14-7-9-25(22,23)11-14)10-15(19)17-8-6-12-2-4-13(16)5-3-12/h2-5,14H,6-11H2,1H3,(H,17,19). The Kier molecular flexibility index (Phi) is 6.17. The van der Waals surface area contributed by atoms with Crippen molar-refractivity contribution in [2.75, 3.05) is 30.9 Å². The van der Waals surface area contributed by atoms with Crippen molar-refractivity contribution in [3.63, 3.8) is 0 Å². The summed E-state index contributed by atoms with van der Waals surface area (Å²) < 4.78 is 60.7. The van der Waals surface area contributed by atoms with Crippen LogP contribution in [0.15, 0.2) is 24.3 Å². The van der Waals surface area contributed by atoms with Crippen LogP contribution >= 0.6 is 0 Å². The SMILES string of the molecule is CS(=O)(=O)N(CC(=O)NCCc1ccc(F)cc1)C1CCS(=O)(=O)C1. The maximum atomic E-state index is 12.8. The third-order valence-electron chi connectivity index (χ3n) is 3.99. The lowest BCUT2D eigenvalue weighted by Crippen LogP contribution is -2.46. The van der Waals surface area contributed by atoms with E-state index in [1.54, 1.807) is 12.1 Å². The van der Waals surface area contributed by atoms with Gasteiger partial charge in [-0.15, -0.1) is 0 Å². The molecule has 140 valence electrons. The van der Waals surface area contributed by atoms with E-state index in [4.69, 9.17) is 0 Å². The van der Waals surface area contributed by atoms with Gasteiger partial charge in [0.15, 0.2) is 9.84 Å². The van der Waals surface area contributed by atoms with Crippen LogP contribution in [0.2, 0.25) is 0 Å². The minimum absolute atomic E-state index is 0.0735. The van der Waals surface area contributed by atoms with Gasteiger partial charge in [0.05, 0.1) is 24.3 Å². The molecule has 2 rings (SSSR count). The second kappa shape index (κ2) is 7.79. The molecule has 1 aliphatic heterocycles. The molecule has 1 amide bonds. The van der Waals surface area contributed by atoms with Crippen molar-refractivity contribution in [3.8, 4) is 0 Å². The summed E-state index contributed by atoms with van der Waals surface area (Å²) in [6.07, 6.45) is 1.63. The Morgan fingerprint density at radius 1 is 1.32 bits per heavy atom. The van der Waals surface area contributed by atoms with Crippen molar-refractivity contribution in [2.45, 2.75) is 18.9 Å². The fourth-order valence-electron chi connectivity index (χ4n) is 2.71. The molecule has 1 aromatic carbocycles. The van der Waals surface area contributed by atoms with Crippen molar-refractivity contribution in [1.82, 2.24) is 9.62 Å². The van der Waals surface area contributed by atoms with E-state index in [-0.39, 0.29) is 30.3 Å². The van der Waals surface area contributed by atoms with Gasteiger partial charge in [0.2, 0.25) is 15.9 Å². The van der Waals surface area contributed by atoms with Crippen molar-refractivity contribution in [3.05, 3.63) is 35.6 Å². The molecular formula is C15H21FN2O5S2. The largest absolute Gasteiger partial charge is 0.355 e. The summed E-state index contributed by atoms with van der Waals surface area (Å²) in [7, 11) is -6.97. The number of halogens is 1. The monoisotopic (exact) mass is 392 g/mol. The number of hydrogen-bond acceptors (Lipinski definition) is 5. The van der Waals surface area contributed by atoms with Crippen LogP contribution in [-0.4, -0.2) is 63.9 Å².